The number of piperidine rings is 2. The maximum Gasteiger partial charge on any atom is 0.223 e. The van der Waals surface area contributed by atoms with E-state index in [0.717, 1.165) is 39.0 Å². The van der Waals surface area contributed by atoms with Crippen molar-refractivity contribution < 1.29 is 4.79 Å². The number of rotatable bonds is 4. The SMILES string of the molecule is Cc1ccsc1CN1CC[C@H]2[C@H](CCC(=O)N2Cc2ccccc2)C1. The van der Waals surface area contributed by atoms with Crippen LogP contribution in [0.1, 0.15) is 35.3 Å². The van der Waals surface area contributed by atoms with E-state index >= 15 is 0 Å². The lowest BCUT2D eigenvalue weighted by Crippen LogP contribution is -2.55. The average Bonchev–Trinajstić information content (AvgIpc) is 3.03. The molecule has 4 rings (SSSR count). The fourth-order valence-corrected chi connectivity index (χ4v) is 5.27. The van der Waals surface area contributed by atoms with E-state index < -0.39 is 0 Å². The minimum Gasteiger partial charge on any atom is -0.335 e. The third-order valence-corrected chi connectivity index (χ3v) is 6.77. The highest BCUT2D eigenvalue weighted by Crippen LogP contribution is 2.33. The molecule has 1 aromatic carbocycles. The first-order chi connectivity index (χ1) is 12.2. The number of fused-ring (bicyclic) bond motifs is 1. The fourth-order valence-electron chi connectivity index (χ4n) is 4.32. The minimum absolute atomic E-state index is 0.340. The molecule has 0 saturated carbocycles. The van der Waals surface area contributed by atoms with Gasteiger partial charge in [0.05, 0.1) is 0 Å². The smallest absolute Gasteiger partial charge is 0.223 e. The van der Waals surface area contributed by atoms with Gasteiger partial charge in [0.1, 0.15) is 0 Å². The lowest BCUT2D eigenvalue weighted by Gasteiger charge is -2.47. The molecule has 0 N–H and O–H groups in total. The topological polar surface area (TPSA) is 23.6 Å². The van der Waals surface area contributed by atoms with Crippen LogP contribution in [0.4, 0.5) is 0 Å². The molecule has 0 aliphatic carbocycles. The predicted molar refractivity (Wildman–Crippen MR) is 102 cm³/mol. The Hall–Kier alpha value is -1.65. The van der Waals surface area contributed by atoms with Crippen molar-refractivity contribution in [3.05, 3.63) is 57.8 Å². The van der Waals surface area contributed by atoms with Crippen molar-refractivity contribution in [2.75, 3.05) is 13.1 Å². The molecule has 0 unspecified atom stereocenters. The standard InChI is InChI=1S/C21H26N2OS/c1-16-10-12-25-20(16)15-22-11-9-19-18(14-22)7-8-21(24)23(19)13-17-5-3-2-4-6-17/h2-6,10,12,18-19H,7-9,11,13-15H2,1H3/t18-,19+/m1/s1. The second kappa shape index (κ2) is 7.30. The van der Waals surface area contributed by atoms with Gasteiger partial charge in [-0.1, -0.05) is 30.3 Å². The van der Waals surface area contributed by atoms with Crippen LogP contribution in [-0.4, -0.2) is 34.8 Å². The third kappa shape index (κ3) is 3.65. The van der Waals surface area contributed by atoms with Gasteiger partial charge < -0.3 is 4.90 Å². The van der Waals surface area contributed by atoms with Crippen LogP contribution in [-0.2, 0) is 17.9 Å². The third-order valence-electron chi connectivity index (χ3n) is 5.76. The van der Waals surface area contributed by atoms with Crippen LogP contribution in [0.3, 0.4) is 0 Å². The number of amides is 1. The summed E-state index contributed by atoms with van der Waals surface area (Å²) in [4.78, 5) is 18.8. The normalized spacial score (nSPS) is 24.4. The summed E-state index contributed by atoms with van der Waals surface area (Å²) >= 11 is 1.87. The van der Waals surface area contributed by atoms with Crippen LogP contribution < -0.4 is 0 Å². The van der Waals surface area contributed by atoms with Crippen LogP contribution in [0.2, 0.25) is 0 Å². The van der Waals surface area contributed by atoms with Gasteiger partial charge in [-0.05, 0) is 48.3 Å². The highest BCUT2D eigenvalue weighted by atomic mass is 32.1. The van der Waals surface area contributed by atoms with Gasteiger partial charge in [0.15, 0.2) is 0 Å². The zero-order valence-electron chi connectivity index (χ0n) is 14.9. The first kappa shape index (κ1) is 16.8. The van der Waals surface area contributed by atoms with Crippen LogP contribution in [0.5, 0.6) is 0 Å². The van der Waals surface area contributed by atoms with Gasteiger partial charge in [-0.3, -0.25) is 9.69 Å². The van der Waals surface area contributed by atoms with Gasteiger partial charge in [0.25, 0.3) is 0 Å². The van der Waals surface area contributed by atoms with E-state index in [1.54, 1.807) is 0 Å². The summed E-state index contributed by atoms with van der Waals surface area (Å²) in [5.74, 6) is 0.961. The first-order valence-corrected chi connectivity index (χ1v) is 10.2. The summed E-state index contributed by atoms with van der Waals surface area (Å²) in [5, 5.41) is 2.19. The van der Waals surface area contributed by atoms with Crippen LogP contribution in [0, 0.1) is 12.8 Å². The molecule has 1 aromatic heterocycles. The van der Waals surface area contributed by atoms with E-state index in [0.29, 0.717) is 24.3 Å². The summed E-state index contributed by atoms with van der Waals surface area (Å²) in [6.45, 7) is 6.27. The second-order valence-electron chi connectivity index (χ2n) is 7.42. The number of thiophene rings is 1. The summed E-state index contributed by atoms with van der Waals surface area (Å²) in [6.07, 6.45) is 2.86. The van der Waals surface area contributed by atoms with Crippen molar-refractivity contribution in [3.8, 4) is 0 Å². The number of carbonyl (C=O) groups excluding carboxylic acids is 1. The van der Waals surface area contributed by atoms with Gasteiger partial charge in [0.2, 0.25) is 5.91 Å². The molecule has 132 valence electrons. The Morgan fingerprint density at radius 3 is 2.72 bits per heavy atom. The molecule has 2 atom stereocenters. The monoisotopic (exact) mass is 354 g/mol. The van der Waals surface area contributed by atoms with E-state index in [9.17, 15) is 4.79 Å². The predicted octanol–water partition coefficient (Wildman–Crippen LogP) is 4.07. The number of nitrogens with zero attached hydrogens (tertiary/aromatic N) is 2. The number of likely N-dealkylation sites (tertiary alicyclic amines) is 2. The van der Waals surface area contributed by atoms with Crippen LogP contribution in [0.15, 0.2) is 41.8 Å². The summed E-state index contributed by atoms with van der Waals surface area (Å²) < 4.78 is 0. The highest BCUT2D eigenvalue weighted by Gasteiger charge is 2.39. The number of carbonyl (C=O) groups is 1. The number of hydrogen-bond acceptors (Lipinski definition) is 3. The van der Waals surface area contributed by atoms with Crippen LogP contribution in [0.25, 0.3) is 0 Å². The van der Waals surface area contributed by atoms with Gasteiger partial charge in [0, 0.05) is 43.5 Å². The van der Waals surface area contributed by atoms with E-state index in [-0.39, 0.29) is 0 Å². The van der Waals surface area contributed by atoms with Crippen molar-refractivity contribution in [1.29, 1.82) is 0 Å². The van der Waals surface area contributed by atoms with Gasteiger partial charge in [-0.2, -0.15) is 0 Å². The van der Waals surface area contributed by atoms with Crippen molar-refractivity contribution in [1.82, 2.24) is 9.80 Å². The van der Waals surface area contributed by atoms with E-state index in [4.69, 9.17) is 0 Å². The van der Waals surface area contributed by atoms with Gasteiger partial charge in [-0.15, -0.1) is 11.3 Å². The molecule has 0 bridgehead atoms. The number of aryl methyl sites for hydroxylation is 1. The molecule has 2 aliphatic heterocycles. The summed E-state index contributed by atoms with van der Waals surface area (Å²) in [7, 11) is 0. The molecule has 1 amide bonds. The molecule has 0 radical (unpaired) electrons. The van der Waals surface area contributed by atoms with Crippen molar-refractivity contribution in [3.63, 3.8) is 0 Å². The summed E-state index contributed by atoms with van der Waals surface area (Å²) in [6, 6.07) is 13.1. The number of benzene rings is 1. The quantitative estimate of drug-likeness (QED) is 0.826. The second-order valence-corrected chi connectivity index (χ2v) is 8.42. The maximum absolute atomic E-state index is 12.5. The Morgan fingerprint density at radius 1 is 1.12 bits per heavy atom. The Kier molecular flexibility index (Phi) is 4.91. The molecule has 3 nitrogen and oxygen atoms in total. The Balaban J connectivity index is 1.43. The van der Waals surface area contributed by atoms with Crippen molar-refractivity contribution in [2.45, 2.75) is 45.3 Å². The Bertz CT molecular complexity index is 727. The fraction of sp³-hybridized carbons (Fsp3) is 0.476. The highest BCUT2D eigenvalue weighted by molar-refractivity contribution is 7.10. The molecule has 4 heteroatoms. The van der Waals surface area contributed by atoms with E-state index in [1.807, 2.05) is 17.4 Å². The summed E-state index contributed by atoms with van der Waals surface area (Å²) in [5.41, 5.74) is 2.66. The molecule has 25 heavy (non-hydrogen) atoms. The van der Waals surface area contributed by atoms with E-state index in [1.165, 1.54) is 16.0 Å². The van der Waals surface area contributed by atoms with Crippen LogP contribution >= 0.6 is 11.3 Å². The van der Waals surface area contributed by atoms with E-state index in [2.05, 4.69) is 52.4 Å². The minimum atomic E-state index is 0.340. The molecule has 3 heterocycles. The zero-order valence-corrected chi connectivity index (χ0v) is 15.7. The van der Waals surface area contributed by atoms with Gasteiger partial charge in [-0.25, -0.2) is 0 Å². The first-order valence-electron chi connectivity index (χ1n) is 9.29. The average molecular weight is 355 g/mol. The Morgan fingerprint density at radius 2 is 1.96 bits per heavy atom. The molecule has 2 saturated heterocycles. The molecule has 2 aromatic rings. The number of hydrogen-bond donors (Lipinski definition) is 0. The maximum atomic E-state index is 12.5. The van der Waals surface area contributed by atoms with Crippen molar-refractivity contribution >= 4 is 17.2 Å². The van der Waals surface area contributed by atoms with Gasteiger partial charge >= 0.3 is 0 Å². The lowest BCUT2D eigenvalue weighted by atomic mass is 9.83. The molecular weight excluding hydrogens is 328 g/mol. The zero-order chi connectivity index (χ0) is 17.2. The largest absolute Gasteiger partial charge is 0.335 e. The van der Waals surface area contributed by atoms with Crippen molar-refractivity contribution in [2.24, 2.45) is 5.92 Å². The molecule has 0 spiro atoms. The lowest BCUT2D eigenvalue weighted by molar-refractivity contribution is -0.142. The molecule has 2 aliphatic rings. The Labute approximate surface area is 154 Å². The molecule has 2 fully saturated rings. The molecular formula is C21H26N2OS.